The quantitative estimate of drug-likeness (QED) is 0.254. The van der Waals surface area contributed by atoms with Crippen LogP contribution >= 0.6 is 24.0 Å². The normalized spacial score (nSPS) is 17.5. The molecular formula is C30H31Cl2N5O4S. The average Bonchev–Trinajstić information content (AvgIpc) is 3.48. The van der Waals surface area contributed by atoms with E-state index in [1.165, 1.54) is 24.3 Å². The minimum absolute atomic E-state index is 0. The van der Waals surface area contributed by atoms with Crippen LogP contribution in [0, 0.1) is 0 Å². The Morgan fingerprint density at radius 2 is 1.81 bits per heavy atom. The number of nitrogens with zero attached hydrogens (tertiary/aromatic N) is 4. The van der Waals surface area contributed by atoms with Crippen LogP contribution < -0.4 is 14.4 Å². The molecule has 2 aliphatic rings. The number of anilines is 2. The van der Waals surface area contributed by atoms with Gasteiger partial charge in [0, 0.05) is 54.3 Å². The van der Waals surface area contributed by atoms with Crippen molar-refractivity contribution in [2.75, 3.05) is 50.5 Å². The molecule has 1 aliphatic carbocycles. The summed E-state index contributed by atoms with van der Waals surface area (Å²) in [5, 5.41) is 1.36. The molecule has 2 aromatic carbocycles. The van der Waals surface area contributed by atoms with E-state index in [1.807, 2.05) is 50.4 Å². The lowest BCUT2D eigenvalue weighted by molar-refractivity contribution is -0.111. The van der Waals surface area contributed by atoms with Gasteiger partial charge in [0.25, 0.3) is 10.0 Å². The average molecular weight is 629 g/mol. The van der Waals surface area contributed by atoms with E-state index in [9.17, 15) is 13.2 Å². The van der Waals surface area contributed by atoms with Crippen molar-refractivity contribution in [2.24, 2.45) is 0 Å². The largest absolute Gasteiger partial charge is 0.476 e. The van der Waals surface area contributed by atoms with Gasteiger partial charge in [-0.15, -0.1) is 12.4 Å². The number of ketones is 1. The second kappa shape index (κ2) is 11.3. The summed E-state index contributed by atoms with van der Waals surface area (Å²) in [4.78, 5) is 25.9. The molecule has 9 nitrogen and oxygen atoms in total. The van der Waals surface area contributed by atoms with E-state index in [1.54, 1.807) is 12.3 Å². The molecule has 1 fully saturated rings. The van der Waals surface area contributed by atoms with Gasteiger partial charge in [-0.05, 0) is 68.5 Å². The van der Waals surface area contributed by atoms with Gasteiger partial charge in [-0.1, -0.05) is 17.7 Å². The zero-order chi connectivity index (χ0) is 28.9. The fourth-order valence-electron chi connectivity index (χ4n) is 5.49. The number of nitrogens with one attached hydrogen (secondary N) is 1. The second-order valence-corrected chi connectivity index (χ2v) is 13.0. The molecule has 6 rings (SSSR count). The van der Waals surface area contributed by atoms with E-state index in [0.29, 0.717) is 30.2 Å². The van der Waals surface area contributed by atoms with Crippen LogP contribution in [0.3, 0.4) is 0 Å². The maximum atomic E-state index is 13.3. The topological polar surface area (TPSA) is 105 Å². The molecule has 0 bridgehead atoms. The first-order valence-corrected chi connectivity index (χ1v) is 15.2. The van der Waals surface area contributed by atoms with Gasteiger partial charge in [-0.2, -0.15) is 0 Å². The van der Waals surface area contributed by atoms with Crippen molar-refractivity contribution in [3.63, 3.8) is 0 Å². The third-order valence-electron chi connectivity index (χ3n) is 7.66. The molecular weight excluding hydrogens is 597 g/mol. The molecule has 1 saturated carbocycles. The number of aromatic nitrogens is 2. The maximum Gasteiger partial charge on any atom is 0.262 e. The summed E-state index contributed by atoms with van der Waals surface area (Å²) in [7, 11) is 1.99. The van der Waals surface area contributed by atoms with Gasteiger partial charge in [0.05, 0.1) is 34.3 Å². The highest BCUT2D eigenvalue weighted by atomic mass is 35.5. The number of carbonyl (C=O) groups excluding carboxylic acids is 1. The molecule has 0 saturated heterocycles. The summed E-state index contributed by atoms with van der Waals surface area (Å²) in [6.07, 6.45) is 4.79. The molecule has 1 N–H and O–H groups in total. The zero-order valence-electron chi connectivity index (χ0n) is 23.4. The summed E-state index contributed by atoms with van der Waals surface area (Å²) in [5.41, 5.74) is 4.08. The highest BCUT2D eigenvalue weighted by molar-refractivity contribution is 7.92. The number of rotatable bonds is 9. The van der Waals surface area contributed by atoms with Crippen LogP contribution in [-0.4, -0.2) is 69.9 Å². The molecule has 2 aromatic heterocycles. The standard InChI is InChI=1S/C30H30ClN5O4S.ClH/c1-35(2)11-4-12-40-29-25(34-41(38,39)22-8-6-21(31)7-9-22)14-20(16-33-29)19-5-10-24-23(13-19)28-26(17-32-24)36(3)18-30(28)15-27(30)37;/h5-10,13-14,16-17,34H,4,11-12,15,18H2,1-3H3;1H. The molecule has 1 unspecified atom stereocenters. The lowest BCUT2D eigenvalue weighted by atomic mass is 9.93. The van der Waals surface area contributed by atoms with Gasteiger partial charge in [-0.3, -0.25) is 14.5 Å². The summed E-state index contributed by atoms with van der Waals surface area (Å²) in [5.74, 6) is 0.440. The molecule has 1 atom stereocenters. The second-order valence-electron chi connectivity index (χ2n) is 10.9. The zero-order valence-corrected chi connectivity index (χ0v) is 25.8. The number of sulfonamides is 1. The third-order valence-corrected chi connectivity index (χ3v) is 9.29. The van der Waals surface area contributed by atoms with Crippen LogP contribution in [-0.2, 0) is 20.2 Å². The molecule has 4 aromatic rings. The number of hydrogen-bond donors (Lipinski definition) is 1. The van der Waals surface area contributed by atoms with Crippen LogP contribution in [0.5, 0.6) is 5.88 Å². The summed E-state index contributed by atoms with van der Waals surface area (Å²) < 4.78 is 35.2. The molecule has 220 valence electrons. The minimum atomic E-state index is -3.95. The summed E-state index contributed by atoms with van der Waals surface area (Å²) >= 11 is 5.97. The van der Waals surface area contributed by atoms with Crippen molar-refractivity contribution in [3.8, 4) is 17.0 Å². The van der Waals surface area contributed by atoms with E-state index in [-0.39, 0.29) is 34.7 Å². The van der Waals surface area contributed by atoms with Crippen LogP contribution in [0.15, 0.2) is 65.8 Å². The number of halogens is 2. The number of pyridine rings is 2. The van der Waals surface area contributed by atoms with E-state index in [4.69, 9.17) is 16.3 Å². The van der Waals surface area contributed by atoms with Crippen LogP contribution in [0.2, 0.25) is 5.02 Å². The fourth-order valence-corrected chi connectivity index (χ4v) is 6.66. The molecule has 0 radical (unpaired) electrons. The molecule has 1 aliphatic heterocycles. The van der Waals surface area contributed by atoms with Crippen molar-refractivity contribution >= 4 is 62.1 Å². The van der Waals surface area contributed by atoms with E-state index in [2.05, 4.69) is 19.6 Å². The number of carbonyl (C=O) groups is 1. The lowest BCUT2D eigenvalue weighted by Crippen LogP contribution is -2.20. The van der Waals surface area contributed by atoms with Crippen molar-refractivity contribution in [2.45, 2.75) is 23.2 Å². The Labute approximate surface area is 256 Å². The fraction of sp³-hybridized carbons (Fsp3) is 0.300. The molecule has 1 spiro atoms. The Morgan fingerprint density at radius 3 is 2.50 bits per heavy atom. The molecule has 0 amide bonds. The smallest absolute Gasteiger partial charge is 0.262 e. The number of ether oxygens (including phenoxy) is 1. The van der Waals surface area contributed by atoms with E-state index >= 15 is 0 Å². The highest BCUT2D eigenvalue weighted by Crippen LogP contribution is 2.55. The first-order valence-electron chi connectivity index (χ1n) is 13.3. The Bertz CT molecular complexity index is 1780. The van der Waals surface area contributed by atoms with Gasteiger partial charge < -0.3 is 14.5 Å². The van der Waals surface area contributed by atoms with Crippen molar-refractivity contribution in [1.82, 2.24) is 14.9 Å². The van der Waals surface area contributed by atoms with Crippen molar-refractivity contribution in [1.29, 1.82) is 0 Å². The van der Waals surface area contributed by atoms with Crippen molar-refractivity contribution < 1.29 is 17.9 Å². The van der Waals surface area contributed by atoms with Crippen LogP contribution in [0.25, 0.3) is 22.0 Å². The Balaban J connectivity index is 0.00000353. The first-order chi connectivity index (χ1) is 19.6. The predicted molar refractivity (Wildman–Crippen MR) is 168 cm³/mol. The third kappa shape index (κ3) is 5.51. The maximum absolute atomic E-state index is 13.3. The van der Waals surface area contributed by atoms with Gasteiger partial charge >= 0.3 is 0 Å². The predicted octanol–water partition coefficient (Wildman–Crippen LogP) is 5.16. The molecule has 42 heavy (non-hydrogen) atoms. The summed E-state index contributed by atoms with van der Waals surface area (Å²) in [6, 6.07) is 13.5. The number of benzene rings is 2. The molecule has 3 heterocycles. The lowest BCUT2D eigenvalue weighted by Gasteiger charge is -2.16. The number of Topliss-reactive ketones (excluding diaryl/α,β-unsaturated/α-hetero) is 1. The van der Waals surface area contributed by atoms with Crippen molar-refractivity contribution in [3.05, 3.63) is 71.5 Å². The first kappa shape index (κ1) is 30.0. The Hall–Kier alpha value is -3.44. The van der Waals surface area contributed by atoms with Crippen LogP contribution in [0.4, 0.5) is 11.4 Å². The minimum Gasteiger partial charge on any atom is -0.476 e. The highest BCUT2D eigenvalue weighted by Gasteiger charge is 2.60. The van der Waals surface area contributed by atoms with Gasteiger partial charge in [0.1, 0.15) is 11.5 Å². The van der Waals surface area contributed by atoms with E-state index < -0.39 is 15.4 Å². The molecule has 12 heteroatoms. The SMILES string of the molecule is CN(C)CCCOc1ncc(-c2ccc3ncc4c(c3c2)C2(CC2=O)CN4C)cc1NS(=O)(=O)c1ccc(Cl)cc1.Cl. The summed E-state index contributed by atoms with van der Waals surface area (Å²) in [6.45, 7) is 1.85. The van der Waals surface area contributed by atoms with Crippen LogP contribution in [0.1, 0.15) is 18.4 Å². The number of hydrogen-bond acceptors (Lipinski definition) is 8. The number of fused-ring (bicyclic) bond motifs is 4. The number of likely N-dealkylation sites (N-methyl/N-ethyl adjacent to an activating group) is 1. The van der Waals surface area contributed by atoms with Gasteiger partial charge in [0.15, 0.2) is 0 Å². The van der Waals surface area contributed by atoms with Gasteiger partial charge in [0.2, 0.25) is 5.88 Å². The Morgan fingerprint density at radius 1 is 1.07 bits per heavy atom. The van der Waals surface area contributed by atoms with E-state index in [0.717, 1.165) is 40.7 Å². The van der Waals surface area contributed by atoms with Gasteiger partial charge in [-0.25, -0.2) is 13.4 Å². The monoisotopic (exact) mass is 627 g/mol. The Kier molecular flexibility index (Phi) is 8.10.